The van der Waals surface area contributed by atoms with Crippen molar-refractivity contribution in [1.29, 1.82) is 0 Å². The van der Waals surface area contributed by atoms with Crippen molar-refractivity contribution in [2.45, 2.75) is 12.5 Å². The van der Waals surface area contributed by atoms with Crippen LogP contribution in [0.1, 0.15) is 6.42 Å². The van der Waals surface area contributed by atoms with Crippen LogP contribution in [0, 0.1) is 0 Å². The van der Waals surface area contributed by atoms with Crippen LogP contribution >= 0.6 is 15.9 Å². The maximum absolute atomic E-state index is 11.6. The Morgan fingerprint density at radius 3 is 2.91 bits per heavy atom. The number of aromatic nitrogens is 3. The van der Waals surface area contributed by atoms with Crippen molar-refractivity contribution >= 4 is 43.2 Å². The Morgan fingerprint density at radius 2 is 2.22 bits per heavy atom. The van der Waals surface area contributed by atoms with Crippen LogP contribution in [0.3, 0.4) is 0 Å². The van der Waals surface area contributed by atoms with E-state index < -0.39 is 9.84 Å². The molecule has 1 atom stereocenters. The zero-order valence-corrected chi connectivity index (χ0v) is 14.9. The topological polar surface area (TPSA) is 88.1 Å². The third kappa shape index (κ3) is 3.97. The van der Waals surface area contributed by atoms with Crippen molar-refractivity contribution in [3.8, 4) is 0 Å². The van der Waals surface area contributed by atoms with Crippen molar-refractivity contribution in [1.82, 2.24) is 15.2 Å². The van der Waals surface area contributed by atoms with Crippen LogP contribution in [-0.4, -0.2) is 48.2 Å². The minimum Gasteiger partial charge on any atom is -0.354 e. The van der Waals surface area contributed by atoms with E-state index in [1.54, 1.807) is 0 Å². The number of rotatable bonds is 4. The number of sulfone groups is 1. The summed E-state index contributed by atoms with van der Waals surface area (Å²) >= 11 is 3.41. The standard InChI is InChI=1S/C14H16BrN5O2S/c1-20(12-5-6-23(21,22)9-12)13-8-16-19-14(18-13)17-11-4-2-3-10(15)7-11/h2-4,7-8,12H,5-6,9H2,1H3,(H,17,18,19). The Kier molecular flexibility index (Phi) is 4.49. The fraction of sp³-hybridized carbons (Fsp3) is 0.357. The van der Waals surface area contributed by atoms with Gasteiger partial charge in [-0.1, -0.05) is 22.0 Å². The minimum atomic E-state index is -2.94. The number of halogens is 1. The molecule has 1 aromatic carbocycles. The number of benzene rings is 1. The lowest BCUT2D eigenvalue weighted by molar-refractivity contribution is 0.600. The van der Waals surface area contributed by atoms with Crippen LogP contribution < -0.4 is 10.2 Å². The van der Waals surface area contributed by atoms with Crippen LogP contribution in [0.2, 0.25) is 0 Å². The van der Waals surface area contributed by atoms with Gasteiger partial charge in [0.1, 0.15) is 0 Å². The summed E-state index contributed by atoms with van der Waals surface area (Å²) in [6, 6.07) is 7.56. The number of nitrogens with one attached hydrogen (secondary N) is 1. The second kappa shape index (κ2) is 6.40. The molecule has 0 saturated carbocycles. The highest BCUT2D eigenvalue weighted by Gasteiger charge is 2.31. The molecule has 1 fully saturated rings. The summed E-state index contributed by atoms with van der Waals surface area (Å²) in [4.78, 5) is 6.27. The lowest BCUT2D eigenvalue weighted by Crippen LogP contribution is -2.33. The monoisotopic (exact) mass is 397 g/mol. The van der Waals surface area contributed by atoms with E-state index in [1.165, 1.54) is 6.20 Å². The average molecular weight is 398 g/mol. The average Bonchev–Trinajstić information content (AvgIpc) is 2.87. The summed E-state index contributed by atoms with van der Waals surface area (Å²) in [5, 5.41) is 11.0. The van der Waals surface area contributed by atoms with Gasteiger partial charge in [-0.15, -0.1) is 5.10 Å². The lowest BCUT2D eigenvalue weighted by Gasteiger charge is -2.24. The van der Waals surface area contributed by atoms with Gasteiger partial charge in [-0.3, -0.25) is 0 Å². The van der Waals surface area contributed by atoms with E-state index >= 15 is 0 Å². The maximum atomic E-state index is 11.6. The van der Waals surface area contributed by atoms with E-state index in [9.17, 15) is 8.42 Å². The van der Waals surface area contributed by atoms with Crippen LogP contribution in [-0.2, 0) is 9.84 Å². The molecule has 1 unspecified atom stereocenters. The van der Waals surface area contributed by atoms with Gasteiger partial charge in [-0.2, -0.15) is 10.1 Å². The van der Waals surface area contributed by atoms with E-state index in [0.717, 1.165) is 10.2 Å². The largest absolute Gasteiger partial charge is 0.354 e. The number of anilines is 3. The molecule has 7 nitrogen and oxygen atoms in total. The zero-order valence-electron chi connectivity index (χ0n) is 12.5. The molecule has 0 amide bonds. The minimum absolute atomic E-state index is 0.0737. The molecule has 2 aromatic rings. The van der Waals surface area contributed by atoms with Crippen molar-refractivity contribution < 1.29 is 8.42 Å². The first-order chi connectivity index (χ1) is 10.9. The zero-order chi connectivity index (χ0) is 16.4. The maximum Gasteiger partial charge on any atom is 0.249 e. The molecular weight excluding hydrogens is 382 g/mol. The molecule has 1 N–H and O–H groups in total. The molecule has 0 radical (unpaired) electrons. The summed E-state index contributed by atoms with van der Waals surface area (Å²) < 4.78 is 24.2. The van der Waals surface area contributed by atoms with Crippen LogP contribution in [0.15, 0.2) is 34.9 Å². The Balaban J connectivity index is 1.77. The van der Waals surface area contributed by atoms with Gasteiger partial charge >= 0.3 is 0 Å². The summed E-state index contributed by atoms with van der Waals surface area (Å²) in [7, 11) is -1.11. The fourth-order valence-corrected chi connectivity index (χ4v) is 4.65. The molecule has 9 heteroatoms. The van der Waals surface area contributed by atoms with Gasteiger partial charge in [-0.05, 0) is 24.6 Å². The Bertz CT molecular complexity index is 814. The van der Waals surface area contributed by atoms with Crippen molar-refractivity contribution in [3.63, 3.8) is 0 Å². The molecule has 2 heterocycles. The highest BCUT2D eigenvalue weighted by atomic mass is 79.9. The molecule has 3 rings (SSSR count). The van der Waals surface area contributed by atoms with Gasteiger partial charge in [0.2, 0.25) is 5.95 Å². The molecule has 0 aliphatic carbocycles. The van der Waals surface area contributed by atoms with E-state index in [4.69, 9.17) is 0 Å². The molecule has 1 aliphatic rings. The predicted octanol–water partition coefficient (Wildman–Crippen LogP) is 2.00. The number of hydrogen-bond acceptors (Lipinski definition) is 7. The SMILES string of the molecule is CN(c1cnnc(Nc2cccc(Br)c2)n1)C1CCS(=O)(=O)C1. The van der Waals surface area contributed by atoms with Gasteiger partial charge in [-0.25, -0.2) is 8.42 Å². The van der Waals surface area contributed by atoms with Gasteiger partial charge < -0.3 is 10.2 Å². The predicted molar refractivity (Wildman–Crippen MR) is 92.7 cm³/mol. The highest BCUT2D eigenvalue weighted by molar-refractivity contribution is 9.10. The molecule has 1 aromatic heterocycles. The highest BCUT2D eigenvalue weighted by Crippen LogP contribution is 2.22. The Morgan fingerprint density at radius 1 is 1.39 bits per heavy atom. The fourth-order valence-electron chi connectivity index (χ4n) is 2.48. The first kappa shape index (κ1) is 16.1. The quantitative estimate of drug-likeness (QED) is 0.843. The molecule has 23 heavy (non-hydrogen) atoms. The Labute approximate surface area is 143 Å². The summed E-state index contributed by atoms with van der Waals surface area (Å²) in [5.74, 6) is 1.35. The molecule has 1 aliphatic heterocycles. The van der Waals surface area contributed by atoms with Crippen LogP contribution in [0.25, 0.3) is 0 Å². The lowest BCUT2D eigenvalue weighted by atomic mass is 10.2. The van der Waals surface area contributed by atoms with Crippen molar-refractivity contribution in [2.75, 3.05) is 28.8 Å². The normalized spacial score (nSPS) is 19.5. The number of hydrogen-bond donors (Lipinski definition) is 1. The second-order valence-corrected chi connectivity index (χ2v) is 8.59. The summed E-state index contributed by atoms with van der Waals surface area (Å²) in [6.07, 6.45) is 2.15. The van der Waals surface area contributed by atoms with Gasteiger partial charge in [0, 0.05) is 23.2 Å². The van der Waals surface area contributed by atoms with Crippen molar-refractivity contribution in [3.05, 3.63) is 34.9 Å². The summed E-state index contributed by atoms with van der Waals surface area (Å²) in [6.45, 7) is 0. The van der Waals surface area contributed by atoms with Crippen LogP contribution in [0.5, 0.6) is 0 Å². The molecule has 1 saturated heterocycles. The third-order valence-corrected chi connectivity index (χ3v) is 5.99. The van der Waals surface area contributed by atoms with Gasteiger partial charge in [0.25, 0.3) is 0 Å². The van der Waals surface area contributed by atoms with Gasteiger partial charge in [0.05, 0.1) is 17.7 Å². The second-order valence-electron chi connectivity index (χ2n) is 5.44. The molecule has 0 spiro atoms. The van der Waals surface area contributed by atoms with Crippen molar-refractivity contribution in [2.24, 2.45) is 0 Å². The Hall–Kier alpha value is -1.74. The smallest absolute Gasteiger partial charge is 0.249 e. The molecular formula is C14H16BrN5O2S. The third-order valence-electron chi connectivity index (χ3n) is 3.74. The van der Waals surface area contributed by atoms with E-state index in [-0.39, 0.29) is 17.5 Å². The van der Waals surface area contributed by atoms with E-state index in [2.05, 4.69) is 36.4 Å². The summed E-state index contributed by atoms with van der Waals surface area (Å²) in [5.41, 5.74) is 0.837. The van der Waals surface area contributed by atoms with Crippen LogP contribution in [0.4, 0.5) is 17.5 Å². The number of nitrogens with zero attached hydrogens (tertiary/aromatic N) is 4. The first-order valence-corrected chi connectivity index (χ1v) is 9.70. The molecule has 122 valence electrons. The van der Waals surface area contributed by atoms with E-state index in [0.29, 0.717) is 18.2 Å². The van der Waals surface area contributed by atoms with E-state index in [1.807, 2.05) is 36.2 Å². The first-order valence-electron chi connectivity index (χ1n) is 7.08. The van der Waals surface area contributed by atoms with Gasteiger partial charge in [0.15, 0.2) is 15.7 Å². The molecule has 0 bridgehead atoms.